The van der Waals surface area contributed by atoms with Crippen LogP contribution in [0.1, 0.15) is 13.8 Å². The van der Waals surface area contributed by atoms with Crippen LogP contribution in [0.15, 0.2) is 18.2 Å². The number of hydrogen-bond acceptors (Lipinski definition) is 3. The molecule has 1 aromatic rings. The second-order valence-corrected chi connectivity index (χ2v) is 5.94. The minimum absolute atomic E-state index is 0.0375. The molecule has 1 aliphatic heterocycles. The van der Waals surface area contributed by atoms with E-state index < -0.39 is 17.4 Å². The van der Waals surface area contributed by atoms with E-state index in [0.29, 0.717) is 12.2 Å². The van der Waals surface area contributed by atoms with Gasteiger partial charge in [-0.25, -0.2) is 9.18 Å². The Kier molecular flexibility index (Phi) is 4.09. The van der Waals surface area contributed by atoms with E-state index in [1.54, 1.807) is 31.9 Å². The zero-order valence-corrected chi connectivity index (χ0v) is 12.9. The van der Waals surface area contributed by atoms with E-state index in [4.69, 9.17) is 11.6 Å². The summed E-state index contributed by atoms with van der Waals surface area (Å²) < 4.78 is 13.1. The predicted octanol–water partition coefficient (Wildman–Crippen LogP) is 2.25. The first-order valence-electron chi connectivity index (χ1n) is 6.52. The highest BCUT2D eigenvalue weighted by Crippen LogP contribution is 2.22. The molecule has 0 aliphatic carbocycles. The van der Waals surface area contributed by atoms with E-state index in [-0.39, 0.29) is 17.5 Å². The SMILES string of the molecule is CN(CCN1C(=O)NC(C)(C)C1=O)c1ccc(F)c(Cl)c1. The lowest BCUT2D eigenvalue weighted by Crippen LogP contribution is -2.41. The van der Waals surface area contributed by atoms with Crippen molar-refractivity contribution in [3.05, 3.63) is 29.0 Å². The van der Waals surface area contributed by atoms with Gasteiger partial charge in [0.1, 0.15) is 11.4 Å². The molecule has 3 amide bonds. The maximum Gasteiger partial charge on any atom is 0.325 e. The minimum atomic E-state index is -0.866. The summed E-state index contributed by atoms with van der Waals surface area (Å²) in [5, 5.41) is 2.66. The molecule has 1 aliphatic rings. The molecule has 0 atom stereocenters. The smallest absolute Gasteiger partial charge is 0.325 e. The average Bonchev–Trinajstić information content (AvgIpc) is 2.59. The molecule has 0 bridgehead atoms. The molecular formula is C14H17ClFN3O2. The van der Waals surface area contributed by atoms with Crippen molar-refractivity contribution in [3.63, 3.8) is 0 Å². The van der Waals surface area contributed by atoms with E-state index in [1.807, 2.05) is 0 Å². The van der Waals surface area contributed by atoms with Crippen LogP contribution in [-0.2, 0) is 4.79 Å². The van der Waals surface area contributed by atoms with Gasteiger partial charge in [0.2, 0.25) is 0 Å². The third kappa shape index (κ3) is 3.10. The first-order chi connectivity index (χ1) is 9.72. The number of amides is 3. The van der Waals surface area contributed by atoms with Crippen molar-refractivity contribution < 1.29 is 14.0 Å². The van der Waals surface area contributed by atoms with Gasteiger partial charge in [-0.2, -0.15) is 0 Å². The number of hydrogen-bond donors (Lipinski definition) is 1. The summed E-state index contributed by atoms with van der Waals surface area (Å²) in [4.78, 5) is 26.8. The fraction of sp³-hybridized carbons (Fsp3) is 0.429. The summed E-state index contributed by atoms with van der Waals surface area (Å²) >= 11 is 5.74. The number of nitrogens with zero attached hydrogens (tertiary/aromatic N) is 2. The molecule has 1 heterocycles. The van der Waals surface area contributed by atoms with Crippen LogP contribution in [-0.4, -0.2) is 42.5 Å². The molecule has 0 spiro atoms. The van der Waals surface area contributed by atoms with E-state index in [1.165, 1.54) is 17.0 Å². The van der Waals surface area contributed by atoms with Gasteiger partial charge in [-0.1, -0.05) is 11.6 Å². The Morgan fingerprint density at radius 3 is 2.57 bits per heavy atom. The largest absolute Gasteiger partial charge is 0.373 e. The van der Waals surface area contributed by atoms with Crippen LogP contribution in [0.25, 0.3) is 0 Å². The summed E-state index contributed by atoms with van der Waals surface area (Å²) in [6.07, 6.45) is 0. The molecule has 0 aromatic heterocycles. The van der Waals surface area contributed by atoms with E-state index >= 15 is 0 Å². The van der Waals surface area contributed by atoms with Crippen molar-refractivity contribution >= 4 is 29.2 Å². The Morgan fingerprint density at radius 1 is 1.38 bits per heavy atom. The Balaban J connectivity index is 2.01. The maximum atomic E-state index is 13.1. The van der Waals surface area contributed by atoms with Gasteiger partial charge in [-0.05, 0) is 32.0 Å². The van der Waals surface area contributed by atoms with Crippen LogP contribution in [0.5, 0.6) is 0 Å². The molecule has 1 fully saturated rings. The Morgan fingerprint density at radius 2 is 2.05 bits per heavy atom. The van der Waals surface area contributed by atoms with Gasteiger partial charge in [0.15, 0.2) is 0 Å². The molecule has 0 saturated carbocycles. The van der Waals surface area contributed by atoms with Crippen molar-refractivity contribution in [2.45, 2.75) is 19.4 Å². The lowest BCUT2D eigenvalue weighted by atomic mass is 10.1. The predicted molar refractivity (Wildman–Crippen MR) is 79.0 cm³/mol. The number of urea groups is 1. The first-order valence-corrected chi connectivity index (χ1v) is 6.90. The quantitative estimate of drug-likeness (QED) is 0.867. The third-order valence-corrected chi connectivity index (χ3v) is 3.74. The third-order valence-electron chi connectivity index (χ3n) is 3.45. The number of imide groups is 1. The molecule has 5 nitrogen and oxygen atoms in total. The highest BCUT2D eigenvalue weighted by atomic mass is 35.5. The first kappa shape index (κ1) is 15.6. The Hall–Kier alpha value is -1.82. The van der Waals surface area contributed by atoms with Crippen molar-refractivity contribution in [2.75, 3.05) is 25.0 Å². The number of rotatable bonds is 4. The second-order valence-electron chi connectivity index (χ2n) is 5.53. The molecule has 0 unspecified atom stereocenters. The topological polar surface area (TPSA) is 52.6 Å². The average molecular weight is 314 g/mol. The molecule has 114 valence electrons. The van der Waals surface area contributed by atoms with Gasteiger partial charge in [-0.3, -0.25) is 9.69 Å². The molecule has 1 saturated heterocycles. The molecule has 21 heavy (non-hydrogen) atoms. The number of nitrogens with one attached hydrogen (secondary N) is 1. The number of carbonyl (C=O) groups excluding carboxylic acids is 2. The molecule has 7 heteroatoms. The van der Waals surface area contributed by atoms with Gasteiger partial charge < -0.3 is 10.2 Å². The van der Waals surface area contributed by atoms with E-state index in [2.05, 4.69) is 5.32 Å². The molecular weight excluding hydrogens is 297 g/mol. The lowest BCUT2D eigenvalue weighted by Gasteiger charge is -2.22. The maximum absolute atomic E-state index is 13.1. The van der Waals surface area contributed by atoms with E-state index in [0.717, 1.165) is 0 Å². The number of likely N-dealkylation sites (N-methyl/N-ethyl adjacent to an activating group) is 1. The standard InChI is InChI=1S/C14H17ClFN3O2/c1-14(2)12(20)19(13(21)17-14)7-6-18(3)9-4-5-11(16)10(15)8-9/h4-5,8H,6-7H2,1-3H3,(H,17,21). The highest BCUT2D eigenvalue weighted by molar-refractivity contribution is 6.31. The summed E-state index contributed by atoms with van der Waals surface area (Å²) in [7, 11) is 1.78. The van der Waals surface area contributed by atoms with Crippen molar-refractivity contribution in [2.24, 2.45) is 0 Å². The summed E-state index contributed by atoms with van der Waals surface area (Å²) in [6, 6.07) is 3.99. The zero-order valence-electron chi connectivity index (χ0n) is 12.1. The monoisotopic (exact) mass is 313 g/mol. The molecule has 1 N–H and O–H groups in total. The molecule has 1 aromatic carbocycles. The van der Waals surface area contributed by atoms with Gasteiger partial charge >= 0.3 is 6.03 Å². The number of anilines is 1. The van der Waals surface area contributed by atoms with Crippen LogP contribution >= 0.6 is 11.6 Å². The van der Waals surface area contributed by atoms with Crippen LogP contribution in [0.2, 0.25) is 5.02 Å². The van der Waals surface area contributed by atoms with E-state index in [9.17, 15) is 14.0 Å². The summed E-state index contributed by atoms with van der Waals surface area (Å²) in [6.45, 7) is 4.00. The summed E-state index contributed by atoms with van der Waals surface area (Å²) in [5.74, 6) is -0.734. The fourth-order valence-corrected chi connectivity index (χ4v) is 2.30. The van der Waals surface area contributed by atoms with Crippen molar-refractivity contribution in [1.82, 2.24) is 10.2 Å². The fourth-order valence-electron chi connectivity index (χ4n) is 2.12. The normalized spacial score (nSPS) is 17.1. The van der Waals surface area contributed by atoms with Gasteiger partial charge in [-0.15, -0.1) is 0 Å². The number of benzene rings is 1. The van der Waals surface area contributed by atoms with Gasteiger partial charge in [0.05, 0.1) is 5.02 Å². The van der Waals surface area contributed by atoms with Gasteiger partial charge in [0, 0.05) is 25.8 Å². The molecule has 2 rings (SSSR count). The number of carbonyl (C=O) groups is 2. The minimum Gasteiger partial charge on any atom is -0.373 e. The summed E-state index contributed by atoms with van der Waals surface area (Å²) in [5.41, 5.74) is -0.151. The Labute approximate surface area is 127 Å². The second kappa shape index (κ2) is 5.52. The molecule has 0 radical (unpaired) electrons. The van der Waals surface area contributed by atoms with Crippen LogP contribution in [0.4, 0.5) is 14.9 Å². The number of halogens is 2. The highest BCUT2D eigenvalue weighted by Gasteiger charge is 2.43. The van der Waals surface area contributed by atoms with Crippen LogP contribution in [0, 0.1) is 5.82 Å². The van der Waals surface area contributed by atoms with Crippen LogP contribution < -0.4 is 10.2 Å². The Bertz CT molecular complexity index is 592. The van der Waals surface area contributed by atoms with Gasteiger partial charge in [0.25, 0.3) is 5.91 Å². The van der Waals surface area contributed by atoms with Crippen molar-refractivity contribution in [3.8, 4) is 0 Å². The van der Waals surface area contributed by atoms with Crippen LogP contribution in [0.3, 0.4) is 0 Å². The zero-order chi connectivity index (χ0) is 15.8. The van der Waals surface area contributed by atoms with Crippen molar-refractivity contribution in [1.29, 1.82) is 0 Å². The lowest BCUT2D eigenvalue weighted by molar-refractivity contribution is -0.130.